The maximum Gasteiger partial charge on any atom is 0.217 e. The van der Waals surface area contributed by atoms with Crippen molar-refractivity contribution >= 4 is 18.0 Å². The summed E-state index contributed by atoms with van der Waals surface area (Å²) in [5.41, 5.74) is 2.81. The summed E-state index contributed by atoms with van der Waals surface area (Å²) in [5, 5.41) is 5.36. The minimum atomic E-state index is -0.393. The lowest BCUT2D eigenvalue weighted by molar-refractivity contribution is -0.119. The Morgan fingerprint density at radius 3 is 2.43 bits per heavy atom. The summed E-state index contributed by atoms with van der Waals surface area (Å²) in [6, 6.07) is 6.23. The molecule has 158 valence electrons. The van der Waals surface area contributed by atoms with Gasteiger partial charge < -0.3 is 24.8 Å². The predicted octanol–water partition coefficient (Wildman–Crippen LogP) is 2.43. The van der Waals surface area contributed by atoms with Crippen LogP contribution < -0.4 is 30.3 Å². The Balaban J connectivity index is 2.41. The molecule has 2 aromatic carbocycles. The fraction of sp³-hybridized carbons (Fsp3) is 0.318. The predicted molar refractivity (Wildman–Crippen MR) is 112 cm³/mol. The molecule has 1 atom stereocenters. The summed E-state index contributed by atoms with van der Waals surface area (Å²) in [6.45, 7) is 1.44. The van der Waals surface area contributed by atoms with Crippen molar-refractivity contribution in [2.45, 2.75) is 25.8 Å². The Hall–Kier alpha value is -3.55. The average Bonchev–Trinajstić information content (AvgIpc) is 2.96. The molecule has 2 N–H and O–H groups in total. The number of methoxy groups -OCH3 is 3. The molecule has 0 bridgehead atoms. The van der Waals surface area contributed by atoms with E-state index in [4.69, 9.17) is 14.2 Å². The third-order valence-corrected chi connectivity index (χ3v) is 5.13. The number of ether oxygens (including phenoxy) is 3. The second-order valence-corrected chi connectivity index (χ2v) is 6.86. The molecule has 2 amide bonds. The molecular weight excluding hydrogens is 388 g/mol. The van der Waals surface area contributed by atoms with Crippen LogP contribution in [0.1, 0.15) is 30.5 Å². The van der Waals surface area contributed by atoms with Crippen LogP contribution in [0.5, 0.6) is 17.2 Å². The number of hydrogen-bond acceptors (Lipinski definition) is 6. The molecule has 0 aromatic heterocycles. The van der Waals surface area contributed by atoms with Gasteiger partial charge in [-0.2, -0.15) is 0 Å². The minimum Gasteiger partial charge on any atom is -0.493 e. The van der Waals surface area contributed by atoms with Gasteiger partial charge >= 0.3 is 0 Å². The van der Waals surface area contributed by atoms with Gasteiger partial charge in [0, 0.05) is 12.5 Å². The summed E-state index contributed by atoms with van der Waals surface area (Å²) in [4.78, 5) is 35.5. The standard InChI is InChI=1S/C22H24N2O6/c1-12(26)24-16-7-5-13-9-19(28-2)21(29-3)22(30-4)20(13)14-6-8-17(23-11-25)18(27)10-15(14)16/h6,8-11,16H,5,7H2,1-4H3,(H,24,26)(H,23,25,27). The SMILES string of the molecule is COc1cc2c(c(OC)c1OC)-c1ccc(NC=O)c(=O)cc1C(NC(C)=O)CC2. The fourth-order valence-electron chi connectivity index (χ4n) is 3.89. The second kappa shape index (κ2) is 8.86. The van der Waals surface area contributed by atoms with Gasteiger partial charge in [-0.1, -0.05) is 6.07 Å². The van der Waals surface area contributed by atoms with Gasteiger partial charge in [0.1, 0.15) is 0 Å². The second-order valence-electron chi connectivity index (χ2n) is 6.86. The Labute approximate surface area is 174 Å². The van der Waals surface area contributed by atoms with E-state index < -0.39 is 6.04 Å². The Bertz CT molecular complexity index is 1050. The van der Waals surface area contributed by atoms with Crippen molar-refractivity contribution in [2.75, 3.05) is 26.6 Å². The van der Waals surface area contributed by atoms with E-state index in [-0.39, 0.29) is 17.0 Å². The summed E-state index contributed by atoms with van der Waals surface area (Å²) in [6.07, 6.45) is 1.64. The van der Waals surface area contributed by atoms with E-state index >= 15 is 0 Å². The summed E-state index contributed by atoms with van der Waals surface area (Å²) >= 11 is 0. The first-order valence-electron chi connectivity index (χ1n) is 9.42. The van der Waals surface area contributed by atoms with Crippen molar-refractivity contribution in [2.24, 2.45) is 0 Å². The lowest BCUT2D eigenvalue weighted by Gasteiger charge is -2.19. The van der Waals surface area contributed by atoms with Crippen molar-refractivity contribution < 1.29 is 23.8 Å². The number of fused-ring (bicyclic) bond motifs is 3. The van der Waals surface area contributed by atoms with E-state index in [1.807, 2.05) is 6.07 Å². The number of anilines is 1. The van der Waals surface area contributed by atoms with Crippen molar-refractivity contribution in [1.82, 2.24) is 5.32 Å². The molecular formula is C22H24N2O6. The van der Waals surface area contributed by atoms with Crippen LogP contribution in [-0.4, -0.2) is 33.6 Å². The number of amides is 2. The largest absolute Gasteiger partial charge is 0.493 e. The molecule has 8 nitrogen and oxygen atoms in total. The van der Waals surface area contributed by atoms with E-state index in [9.17, 15) is 14.4 Å². The molecule has 0 saturated heterocycles. The summed E-state index contributed by atoms with van der Waals surface area (Å²) in [7, 11) is 4.61. The number of nitrogens with one attached hydrogen (secondary N) is 2. The molecule has 1 aliphatic rings. The van der Waals surface area contributed by atoms with Gasteiger partial charge in [0.05, 0.1) is 33.1 Å². The maximum atomic E-state index is 12.7. The van der Waals surface area contributed by atoms with E-state index in [2.05, 4.69) is 10.6 Å². The van der Waals surface area contributed by atoms with Gasteiger partial charge in [-0.15, -0.1) is 0 Å². The zero-order valence-corrected chi connectivity index (χ0v) is 17.3. The minimum absolute atomic E-state index is 0.139. The molecule has 0 aliphatic heterocycles. The van der Waals surface area contributed by atoms with Crippen molar-refractivity contribution in [3.8, 4) is 28.4 Å². The van der Waals surface area contributed by atoms with E-state index in [1.165, 1.54) is 27.2 Å². The van der Waals surface area contributed by atoms with Crippen LogP contribution in [0.2, 0.25) is 0 Å². The fourth-order valence-corrected chi connectivity index (χ4v) is 3.89. The smallest absolute Gasteiger partial charge is 0.217 e. The van der Waals surface area contributed by atoms with Crippen molar-refractivity contribution in [3.63, 3.8) is 0 Å². The third kappa shape index (κ3) is 3.80. The van der Waals surface area contributed by atoms with Crippen LogP contribution in [0.15, 0.2) is 29.1 Å². The first-order valence-corrected chi connectivity index (χ1v) is 9.42. The van der Waals surface area contributed by atoms with Crippen LogP contribution in [0.25, 0.3) is 11.1 Å². The van der Waals surface area contributed by atoms with Crippen molar-refractivity contribution in [3.05, 3.63) is 45.6 Å². The molecule has 8 heteroatoms. The van der Waals surface area contributed by atoms with Crippen LogP contribution >= 0.6 is 0 Å². The molecule has 0 spiro atoms. The molecule has 30 heavy (non-hydrogen) atoms. The van der Waals surface area contributed by atoms with Crippen molar-refractivity contribution in [1.29, 1.82) is 0 Å². The van der Waals surface area contributed by atoms with Gasteiger partial charge in [-0.05, 0) is 47.7 Å². The molecule has 1 unspecified atom stereocenters. The summed E-state index contributed by atoms with van der Waals surface area (Å²) < 4.78 is 16.7. The lowest BCUT2D eigenvalue weighted by atomic mass is 9.95. The number of rotatable bonds is 6. The highest BCUT2D eigenvalue weighted by Crippen LogP contribution is 2.50. The molecule has 1 aliphatic carbocycles. The normalized spacial score (nSPS) is 14.5. The number of carbonyl (C=O) groups excluding carboxylic acids is 2. The van der Waals surface area contributed by atoms with Gasteiger partial charge in [-0.25, -0.2) is 0 Å². The van der Waals surface area contributed by atoms with Gasteiger partial charge in [0.15, 0.2) is 11.5 Å². The van der Waals surface area contributed by atoms with E-state index in [0.29, 0.717) is 47.6 Å². The van der Waals surface area contributed by atoms with Crippen LogP contribution in [-0.2, 0) is 16.0 Å². The third-order valence-electron chi connectivity index (χ3n) is 5.13. The summed E-state index contributed by atoms with van der Waals surface area (Å²) in [5.74, 6) is 1.23. The van der Waals surface area contributed by atoms with Crippen LogP contribution in [0.3, 0.4) is 0 Å². The first kappa shape index (κ1) is 21.2. The number of benzene rings is 1. The highest BCUT2D eigenvalue weighted by molar-refractivity contribution is 5.84. The zero-order valence-electron chi connectivity index (χ0n) is 17.3. The first-order chi connectivity index (χ1) is 14.4. The monoisotopic (exact) mass is 412 g/mol. The molecule has 2 aromatic rings. The quantitative estimate of drug-likeness (QED) is 0.707. The average molecular weight is 412 g/mol. The van der Waals surface area contributed by atoms with Gasteiger partial charge in [0.25, 0.3) is 0 Å². The topological polar surface area (TPSA) is 103 Å². The number of hydrogen-bond donors (Lipinski definition) is 2. The highest BCUT2D eigenvalue weighted by Gasteiger charge is 2.29. The Morgan fingerprint density at radius 2 is 1.83 bits per heavy atom. The molecule has 0 fully saturated rings. The maximum absolute atomic E-state index is 12.7. The Morgan fingerprint density at radius 1 is 1.10 bits per heavy atom. The molecule has 0 radical (unpaired) electrons. The number of carbonyl (C=O) groups is 2. The molecule has 3 rings (SSSR count). The van der Waals surface area contributed by atoms with Crippen LogP contribution in [0, 0.1) is 0 Å². The Kier molecular flexibility index (Phi) is 6.25. The van der Waals surface area contributed by atoms with E-state index in [0.717, 1.165) is 11.1 Å². The van der Waals surface area contributed by atoms with Gasteiger partial charge in [0.2, 0.25) is 23.5 Å². The molecule has 0 saturated carbocycles. The highest BCUT2D eigenvalue weighted by atomic mass is 16.5. The lowest BCUT2D eigenvalue weighted by Crippen LogP contribution is -2.26. The van der Waals surface area contributed by atoms with E-state index in [1.54, 1.807) is 19.2 Å². The number of aryl methyl sites for hydroxylation is 1. The van der Waals surface area contributed by atoms with Gasteiger partial charge in [-0.3, -0.25) is 14.4 Å². The van der Waals surface area contributed by atoms with Crippen LogP contribution in [0.4, 0.5) is 5.69 Å². The zero-order chi connectivity index (χ0) is 21.8. The molecule has 0 heterocycles.